The van der Waals surface area contributed by atoms with Crippen molar-refractivity contribution in [2.45, 2.75) is 32.5 Å². The van der Waals surface area contributed by atoms with Crippen LogP contribution in [0.2, 0.25) is 0 Å². The highest BCUT2D eigenvalue weighted by Gasteiger charge is 2.32. The Hall–Kier alpha value is -3.48. The summed E-state index contributed by atoms with van der Waals surface area (Å²) in [6.07, 6.45) is 5.24. The molecule has 2 amide bonds. The molecule has 0 saturated carbocycles. The van der Waals surface area contributed by atoms with Gasteiger partial charge in [0.05, 0.1) is 12.0 Å². The van der Waals surface area contributed by atoms with Gasteiger partial charge in [-0.1, -0.05) is 30.3 Å². The predicted molar refractivity (Wildman–Crippen MR) is 106 cm³/mol. The lowest BCUT2D eigenvalue weighted by molar-refractivity contribution is -0.140. The van der Waals surface area contributed by atoms with Crippen molar-refractivity contribution in [1.29, 1.82) is 0 Å². The number of hydrogen-bond donors (Lipinski definition) is 1. The van der Waals surface area contributed by atoms with E-state index in [9.17, 15) is 14.0 Å². The first-order chi connectivity index (χ1) is 14.0. The molecule has 4 rings (SSSR count). The number of aromatic nitrogens is 2. The van der Waals surface area contributed by atoms with Crippen LogP contribution in [0.25, 0.3) is 5.69 Å². The van der Waals surface area contributed by atoms with Crippen LogP contribution in [-0.2, 0) is 29.1 Å². The molecule has 0 bridgehead atoms. The topological polar surface area (TPSA) is 67.2 Å². The minimum absolute atomic E-state index is 0.143. The van der Waals surface area contributed by atoms with Gasteiger partial charge in [0.15, 0.2) is 0 Å². The van der Waals surface area contributed by atoms with Gasteiger partial charge in [-0.25, -0.2) is 9.37 Å². The van der Waals surface area contributed by atoms with E-state index in [0.717, 1.165) is 11.1 Å². The summed E-state index contributed by atoms with van der Waals surface area (Å²) in [4.78, 5) is 30.4. The highest BCUT2D eigenvalue weighted by atomic mass is 19.1. The van der Waals surface area contributed by atoms with Crippen LogP contribution in [0.1, 0.15) is 23.6 Å². The Morgan fingerprint density at radius 3 is 2.69 bits per heavy atom. The SMILES string of the molecule is CC(=O)N1Cc2ccccc2CC1C(=O)NCc1ccc(-n2ccnc2)c(F)c1. The van der Waals surface area contributed by atoms with Crippen LogP contribution in [0, 0.1) is 5.82 Å². The van der Waals surface area contributed by atoms with E-state index < -0.39 is 11.9 Å². The lowest BCUT2D eigenvalue weighted by Gasteiger charge is -2.35. The van der Waals surface area contributed by atoms with Gasteiger partial charge in [-0.3, -0.25) is 9.59 Å². The van der Waals surface area contributed by atoms with E-state index in [1.54, 1.807) is 34.0 Å². The van der Waals surface area contributed by atoms with Gasteiger partial charge >= 0.3 is 0 Å². The number of imidazole rings is 1. The van der Waals surface area contributed by atoms with Gasteiger partial charge in [-0.05, 0) is 28.8 Å². The zero-order valence-electron chi connectivity index (χ0n) is 16.0. The zero-order chi connectivity index (χ0) is 20.4. The molecule has 1 aliphatic heterocycles. The van der Waals surface area contributed by atoms with Crippen molar-refractivity contribution >= 4 is 11.8 Å². The van der Waals surface area contributed by atoms with Crippen LogP contribution in [0.15, 0.2) is 61.2 Å². The Morgan fingerprint density at radius 2 is 2.00 bits per heavy atom. The molecule has 6 nitrogen and oxygen atoms in total. The minimum atomic E-state index is -0.572. The monoisotopic (exact) mass is 392 g/mol. The molecule has 1 atom stereocenters. The molecule has 29 heavy (non-hydrogen) atoms. The first-order valence-corrected chi connectivity index (χ1v) is 9.41. The van der Waals surface area contributed by atoms with Crippen molar-refractivity contribution < 1.29 is 14.0 Å². The lowest BCUT2D eigenvalue weighted by atomic mass is 9.93. The summed E-state index contributed by atoms with van der Waals surface area (Å²) >= 11 is 0. The van der Waals surface area contributed by atoms with Gasteiger partial charge < -0.3 is 14.8 Å². The summed E-state index contributed by atoms with van der Waals surface area (Å²) in [6, 6.07) is 12.1. The average molecular weight is 392 g/mol. The van der Waals surface area contributed by atoms with E-state index in [1.165, 1.54) is 19.3 Å². The predicted octanol–water partition coefficient (Wildman–Crippen LogP) is 2.60. The van der Waals surface area contributed by atoms with Crippen molar-refractivity contribution in [2.75, 3.05) is 0 Å². The molecule has 1 aromatic heterocycles. The molecule has 1 unspecified atom stereocenters. The van der Waals surface area contributed by atoms with Crippen molar-refractivity contribution in [3.8, 4) is 5.69 Å². The van der Waals surface area contributed by atoms with Crippen LogP contribution in [-0.4, -0.2) is 32.3 Å². The third kappa shape index (κ3) is 3.89. The Balaban J connectivity index is 1.46. The second-order valence-electron chi connectivity index (χ2n) is 7.11. The summed E-state index contributed by atoms with van der Waals surface area (Å²) < 4.78 is 16.0. The molecular formula is C22H21FN4O2. The van der Waals surface area contributed by atoms with Crippen LogP contribution in [0.5, 0.6) is 0 Å². The van der Waals surface area contributed by atoms with Gasteiger partial charge in [0.1, 0.15) is 11.9 Å². The molecule has 0 saturated heterocycles. The fraction of sp³-hybridized carbons (Fsp3) is 0.227. The number of nitrogens with one attached hydrogen (secondary N) is 1. The van der Waals surface area contributed by atoms with E-state index in [2.05, 4.69) is 10.3 Å². The fourth-order valence-electron chi connectivity index (χ4n) is 3.67. The highest BCUT2D eigenvalue weighted by Crippen LogP contribution is 2.23. The number of nitrogens with zero attached hydrogens (tertiary/aromatic N) is 3. The molecular weight excluding hydrogens is 371 g/mol. The number of rotatable bonds is 4. The molecule has 2 aromatic carbocycles. The van der Waals surface area contributed by atoms with Gasteiger partial charge in [0.2, 0.25) is 11.8 Å². The van der Waals surface area contributed by atoms with Crippen molar-refractivity contribution in [2.24, 2.45) is 0 Å². The second-order valence-corrected chi connectivity index (χ2v) is 7.11. The van der Waals surface area contributed by atoms with Gasteiger partial charge in [-0.2, -0.15) is 0 Å². The zero-order valence-corrected chi connectivity index (χ0v) is 16.0. The number of benzene rings is 2. The minimum Gasteiger partial charge on any atom is -0.350 e. The number of carbonyl (C=O) groups excluding carboxylic acids is 2. The van der Waals surface area contributed by atoms with Crippen LogP contribution in [0.3, 0.4) is 0 Å². The van der Waals surface area contributed by atoms with E-state index in [-0.39, 0.29) is 18.4 Å². The first-order valence-electron chi connectivity index (χ1n) is 9.41. The molecule has 2 heterocycles. The number of amides is 2. The van der Waals surface area contributed by atoms with E-state index in [1.807, 2.05) is 24.3 Å². The Kier molecular flexibility index (Phi) is 5.12. The fourth-order valence-corrected chi connectivity index (χ4v) is 3.67. The molecule has 0 radical (unpaired) electrons. The quantitative estimate of drug-likeness (QED) is 0.742. The van der Waals surface area contributed by atoms with Crippen LogP contribution >= 0.6 is 0 Å². The van der Waals surface area contributed by atoms with Crippen molar-refractivity contribution in [1.82, 2.24) is 19.8 Å². The van der Waals surface area contributed by atoms with Crippen LogP contribution < -0.4 is 5.32 Å². The molecule has 1 aliphatic rings. The summed E-state index contributed by atoms with van der Waals surface area (Å²) in [5, 5.41) is 2.85. The van der Waals surface area contributed by atoms with Crippen LogP contribution in [0.4, 0.5) is 4.39 Å². The Morgan fingerprint density at radius 1 is 1.21 bits per heavy atom. The summed E-state index contributed by atoms with van der Waals surface area (Å²) in [5.41, 5.74) is 3.17. The Bertz CT molecular complexity index is 1050. The molecule has 1 N–H and O–H groups in total. The summed E-state index contributed by atoms with van der Waals surface area (Å²) in [6.45, 7) is 2.07. The van der Waals surface area contributed by atoms with Crippen molar-refractivity contribution in [3.05, 3.63) is 83.7 Å². The maximum Gasteiger partial charge on any atom is 0.243 e. The number of hydrogen-bond acceptors (Lipinski definition) is 3. The molecule has 0 fully saturated rings. The largest absolute Gasteiger partial charge is 0.350 e. The van der Waals surface area contributed by atoms with E-state index in [4.69, 9.17) is 0 Å². The third-order valence-electron chi connectivity index (χ3n) is 5.22. The number of carbonyl (C=O) groups is 2. The highest BCUT2D eigenvalue weighted by molar-refractivity contribution is 5.87. The molecule has 148 valence electrons. The normalized spacial score (nSPS) is 15.7. The van der Waals surface area contributed by atoms with Gasteiger partial charge in [-0.15, -0.1) is 0 Å². The average Bonchev–Trinajstić information content (AvgIpc) is 3.25. The maximum absolute atomic E-state index is 14.4. The summed E-state index contributed by atoms with van der Waals surface area (Å²) in [7, 11) is 0. The maximum atomic E-state index is 14.4. The molecule has 0 spiro atoms. The Labute approximate surface area is 168 Å². The lowest BCUT2D eigenvalue weighted by Crippen LogP contribution is -2.51. The smallest absolute Gasteiger partial charge is 0.243 e. The summed E-state index contributed by atoms with van der Waals surface area (Å²) in [5.74, 6) is -0.782. The number of halogens is 1. The second kappa shape index (κ2) is 7.87. The number of fused-ring (bicyclic) bond motifs is 1. The van der Waals surface area contributed by atoms with Gasteiger partial charge in [0.25, 0.3) is 0 Å². The van der Waals surface area contributed by atoms with Gasteiger partial charge in [0, 0.05) is 38.8 Å². The third-order valence-corrected chi connectivity index (χ3v) is 5.22. The van der Waals surface area contributed by atoms with E-state index >= 15 is 0 Å². The molecule has 3 aromatic rings. The molecule has 7 heteroatoms. The standard InChI is InChI=1S/C22H21FN4O2/c1-15(28)27-13-18-5-3-2-4-17(18)11-21(27)22(29)25-12-16-6-7-20(19(23)10-16)26-9-8-24-14-26/h2-10,14,21H,11-13H2,1H3,(H,25,29). The van der Waals surface area contributed by atoms with E-state index in [0.29, 0.717) is 24.2 Å². The van der Waals surface area contributed by atoms with Crippen molar-refractivity contribution in [3.63, 3.8) is 0 Å². The first kappa shape index (κ1) is 18.9. The molecule has 0 aliphatic carbocycles.